The fourth-order valence-electron chi connectivity index (χ4n) is 3.28. The van der Waals surface area contributed by atoms with E-state index in [2.05, 4.69) is 25.8 Å². The van der Waals surface area contributed by atoms with Crippen LogP contribution >= 0.6 is 0 Å². The van der Waals surface area contributed by atoms with E-state index in [9.17, 15) is 18.0 Å². The predicted molar refractivity (Wildman–Crippen MR) is 117 cm³/mol. The molecule has 1 aromatic heterocycles. The van der Waals surface area contributed by atoms with Crippen molar-refractivity contribution < 1.29 is 27.3 Å². The summed E-state index contributed by atoms with van der Waals surface area (Å²) in [5.74, 6) is -0.402. The predicted octanol–water partition coefficient (Wildman–Crippen LogP) is 1.90. The summed E-state index contributed by atoms with van der Waals surface area (Å²) in [4.78, 5) is 24.3. The molecule has 3 rings (SSSR count). The van der Waals surface area contributed by atoms with Gasteiger partial charge in [0.1, 0.15) is 10.6 Å². The van der Waals surface area contributed by atoms with Gasteiger partial charge in [0, 0.05) is 24.5 Å². The highest BCUT2D eigenvalue weighted by Gasteiger charge is 2.28. The molecule has 1 aliphatic rings. The molecule has 32 heavy (non-hydrogen) atoms. The first-order valence-electron chi connectivity index (χ1n) is 10.2. The fourth-order valence-corrected chi connectivity index (χ4v) is 4.81. The summed E-state index contributed by atoms with van der Waals surface area (Å²) in [6, 6.07) is 5.06. The lowest BCUT2D eigenvalue weighted by Gasteiger charge is -2.15. The second-order valence-electron chi connectivity index (χ2n) is 7.53. The molecule has 11 nitrogen and oxygen atoms in total. The average molecular weight is 466 g/mol. The summed E-state index contributed by atoms with van der Waals surface area (Å²) >= 11 is 0. The zero-order valence-corrected chi connectivity index (χ0v) is 18.9. The number of anilines is 2. The van der Waals surface area contributed by atoms with Crippen LogP contribution in [0.3, 0.4) is 0 Å². The quantitative estimate of drug-likeness (QED) is 0.465. The van der Waals surface area contributed by atoms with E-state index in [0.29, 0.717) is 17.9 Å². The molecule has 2 heterocycles. The monoisotopic (exact) mass is 465 g/mol. The number of hydrogen-bond acceptors (Lipinski definition) is 7. The third-order valence-electron chi connectivity index (χ3n) is 4.89. The van der Waals surface area contributed by atoms with E-state index in [1.807, 2.05) is 0 Å². The Balaban J connectivity index is 1.50. The van der Waals surface area contributed by atoms with Crippen LogP contribution in [-0.2, 0) is 19.6 Å². The van der Waals surface area contributed by atoms with Crippen molar-refractivity contribution >= 4 is 33.3 Å². The van der Waals surface area contributed by atoms with E-state index in [4.69, 9.17) is 9.26 Å². The van der Waals surface area contributed by atoms with Crippen LogP contribution in [0.1, 0.15) is 31.2 Å². The van der Waals surface area contributed by atoms with Gasteiger partial charge in [-0.3, -0.25) is 4.79 Å². The van der Waals surface area contributed by atoms with E-state index in [0.717, 1.165) is 19.4 Å². The van der Waals surface area contributed by atoms with Crippen molar-refractivity contribution in [2.75, 3.05) is 23.8 Å². The van der Waals surface area contributed by atoms with Gasteiger partial charge in [-0.15, -0.1) is 0 Å². The second-order valence-corrected chi connectivity index (χ2v) is 9.18. The number of urea groups is 1. The summed E-state index contributed by atoms with van der Waals surface area (Å²) in [6.45, 7) is 5.59. The smallest absolute Gasteiger partial charge is 0.319 e. The molecule has 1 aromatic carbocycles. The summed E-state index contributed by atoms with van der Waals surface area (Å²) < 4.78 is 37.7. The molecule has 1 fully saturated rings. The van der Waals surface area contributed by atoms with Gasteiger partial charge in [-0.2, -0.15) is 4.72 Å². The van der Waals surface area contributed by atoms with Crippen LogP contribution in [0.25, 0.3) is 0 Å². The number of aromatic nitrogens is 1. The third kappa shape index (κ3) is 6.05. The van der Waals surface area contributed by atoms with E-state index < -0.39 is 22.0 Å². The average Bonchev–Trinajstić information content (AvgIpc) is 3.37. The summed E-state index contributed by atoms with van der Waals surface area (Å²) in [6.07, 6.45) is 1.98. The molecule has 3 amide bonds. The number of amides is 3. The zero-order valence-electron chi connectivity index (χ0n) is 18.1. The van der Waals surface area contributed by atoms with Gasteiger partial charge in [-0.05, 0) is 57.9 Å². The Hall–Kier alpha value is -2.96. The lowest BCUT2D eigenvalue weighted by atomic mass is 10.2. The molecule has 4 N–H and O–H groups in total. The second kappa shape index (κ2) is 10.1. The van der Waals surface area contributed by atoms with Crippen LogP contribution in [0, 0.1) is 13.8 Å². The highest BCUT2D eigenvalue weighted by molar-refractivity contribution is 7.89. The number of aryl methyl sites for hydroxylation is 2. The first-order valence-corrected chi connectivity index (χ1v) is 11.7. The molecule has 12 heteroatoms. The van der Waals surface area contributed by atoms with Crippen LogP contribution < -0.4 is 20.7 Å². The molecular formula is C20H27N5O6S. The molecule has 0 spiro atoms. The molecule has 0 bridgehead atoms. The Morgan fingerprint density at radius 3 is 2.38 bits per heavy atom. The van der Waals surface area contributed by atoms with Crippen molar-refractivity contribution in [1.82, 2.24) is 15.2 Å². The van der Waals surface area contributed by atoms with E-state index >= 15 is 0 Å². The Morgan fingerprint density at radius 2 is 1.81 bits per heavy atom. The minimum Gasteiger partial charge on any atom is -0.376 e. The van der Waals surface area contributed by atoms with Crippen molar-refractivity contribution in [3.8, 4) is 0 Å². The highest BCUT2D eigenvalue weighted by atomic mass is 32.2. The van der Waals surface area contributed by atoms with Crippen molar-refractivity contribution in [2.45, 2.75) is 50.7 Å². The van der Waals surface area contributed by atoms with E-state index in [1.165, 1.54) is 20.8 Å². The normalized spacial score (nSPS) is 17.0. The number of hydrogen-bond donors (Lipinski definition) is 4. The van der Waals surface area contributed by atoms with Gasteiger partial charge in [-0.1, -0.05) is 5.16 Å². The molecule has 174 valence electrons. The summed E-state index contributed by atoms with van der Waals surface area (Å²) in [5, 5.41) is 11.7. The van der Waals surface area contributed by atoms with E-state index in [1.54, 1.807) is 24.3 Å². The molecule has 1 aliphatic heterocycles. The fraction of sp³-hybridized carbons (Fsp3) is 0.450. The molecule has 1 unspecified atom stereocenters. The van der Waals surface area contributed by atoms with Crippen molar-refractivity contribution in [2.24, 2.45) is 0 Å². The lowest BCUT2D eigenvalue weighted by Crippen LogP contribution is -2.41. The van der Waals surface area contributed by atoms with Gasteiger partial charge in [0.25, 0.3) is 0 Å². The largest absolute Gasteiger partial charge is 0.376 e. The number of carbonyl (C=O) groups is 2. The first kappa shape index (κ1) is 23.7. The Morgan fingerprint density at radius 1 is 1.16 bits per heavy atom. The third-order valence-corrected chi connectivity index (χ3v) is 6.67. The molecule has 0 aliphatic carbocycles. The summed E-state index contributed by atoms with van der Waals surface area (Å²) in [5.41, 5.74) is 1.20. The minimum atomic E-state index is -3.98. The molecule has 0 saturated carbocycles. The number of nitrogens with one attached hydrogen (secondary N) is 4. The maximum Gasteiger partial charge on any atom is 0.319 e. The number of ether oxygens (including phenoxy) is 1. The SMILES string of the molecule is Cc1noc(C)c1S(=O)(=O)N[C@@H](C)C(=O)Nc1ccc(NC(=O)NCC2CCCO2)cc1. The maximum absolute atomic E-state index is 12.5. The summed E-state index contributed by atoms with van der Waals surface area (Å²) in [7, 11) is -3.98. The number of nitrogens with zero attached hydrogens (tertiary/aromatic N) is 1. The van der Waals surface area contributed by atoms with Gasteiger partial charge in [0.15, 0.2) is 5.76 Å². The molecule has 0 radical (unpaired) electrons. The standard InChI is InChI=1S/C20H27N5O6S/c1-12-18(14(3)31-24-12)32(28,29)25-13(2)19(26)22-15-6-8-16(9-7-15)23-20(27)21-11-17-5-4-10-30-17/h6-9,13,17,25H,4-5,10-11H2,1-3H3,(H,22,26)(H2,21,23,27)/t13-,17?/m0/s1. The highest BCUT2D eigenvalue weighted by Crippen LogP contribution is 2.19. The Kier molecular flexibility index (Phi) is 7.48. The van der Waals surface area contributed by atoms with Crippen molar-refractivity contribution in [1.29, 1.82) is 0 Å². The number of benzene rings is 1. The number of sulfonamides is 1. The van der Waals surface area contributed by atoms with Crippen LogP contribution in [0.2, 0.25) is 0 Å². The van der Waals surface area contributed by atoms with Crippen LogP contribution in [0.5, 0.6) is 0 Å². The van der Waals surface area contributed by atoms with E-state index in [-0.39, 0.29) is 28.5 Å². The molecular weight excluding hydrogens is 438 g/mol. The van der Waals surface area contributed by atoms with Gasteiger partial charge in [0.2, 0.25) is 15.9 Å². The van der Waals surface area contributed by atoms with Gasteiger partial charge >= 0.3 is 6.03 Å². The molecule has 2 atom stereocenters. The maximum atomic E-state index is 12.5. The van der Waals surface area contributed by atoms with Crippen LogP contribution in [-0.4, -0.2) is 50.8 Å². The topological polar surface area (TPSA) is 152 Å². The zero-order chi connectivity index (χ0) is 23.3. The lowest BCUT2D eigenvalue weighted by molar-refractivity contribution is -0.117. The van der Waals surface area contributed by atoms with Gasteiger partial charge < -0.3 is 25.2 Å². The number of rotatable bonds is 8. The Bertz CT molecular complexity index is 1040. The van der Waals surface area contributed by atoms with Crippen LogP contribution in [0.4, 0.5) is 16.2 Å². The van der Waals surface area contributed by atoms with Crippen molar-refractivity contribution in [3.05, 3.63) is 35.7 Å². The molecule has 1 saturated heterocycles. The number of carbonyl (C=O) groups excluding carboxylic acids is 2. The first-order chi connectivity index (χ1) is 15.2. The van der Waals surface area contributed by atoms with Crippen LogP contribution in [0.15, 0.2) is 33.7 Å². The van der Waals surface area contributed by atoms with Gasteiger partial charge in [0.05, 0.1) is 12.1 Å². The molecule has 2 aromatic rings. The minimum absolute atomic E-state index is 0.0513. The Labute approximate surface area is 186 Å². The van der Waals surface area contributed by atoms with Gasteiger partial charge in [-0.25, -0.2) is 13.2 Å². The van der Waals surface area contributed by atoms with Crippen molar-refractivity contribution in [3.63, 3.8) is 0 Å².